The number of benzene rings is 1. The van der Waals surface area contributed by atoms with Gasteiger partial charge in [-0.2, -0.15) is 0 Å². The largest absolute Gasteiger partial charge is 0.399 e. The summed E-state index contributed by atoms with van der Waals surface area (Å²) < 4.78 is 0. The lowest BCUT2D eigenvalue weighted by Crippen LogP contribution is -2.50. The van der Waals surface area contributed by atoms with E-state index in [4.69, 9.17) is 5.73 Å². The van der Waals surface area contributed by atoms with Gasteiger partial charge in [0, 0.05) is 45.2 Å². The van der Waals surface area contributed by atoms with E-state index < -0.39 is 0 Å². The molecule has 1 saturated heterocycles. The van der Waals surface area contributed by atoms with E-state index in [1.54, 1.807) is 11.8 Å². The van der Waals surface area contributed by atoms with Gasteiger partial charge in [-0.15, -0.1) is 0 Å². The summed E-state index contributed by atoms with van der Waals surface area (Å²) in [4.78, 5) is 27.2. The van der Waals surface area contributed by atoms with Gasteiger partial charge in [-0.05, 0) is 23.6 Å². The monoisotopic (exact) mass is 289 g/mol. The molecule has 1 aromatic carbocycles. The third-order valence-electron chi connectivity index (χ3n) is 4.06. The van der Waals surface area contributed by atoms with Crippen LogP contribution in [0.2, 0.25) is 0 Å². The fourth-order valence-corrected chi connectivity index (χ4v) is 2.60. The van der Waals surface area contributed by atoms with E-state index in [0.717, 1.165) is 11.3 Å². The Labute approximate surface area is 125 Å². The summed E-state index contributed by atoms with van der Waals surface area (Å²) in [5.41, 5.74) is 7.53. The van der Waals surface area contributed by atoms with E-state index in [2.05, 4.69) is 6.92 Å². The zero-order chi connectivity index (χ0) is 15.4. The Morgan fingerprint density at radius 2 is 1.62 bits per heavy atom. The maximum atomic E-state index is 12.3. The van der Waals surface area contributed by atoms with Crippen LogP contribution in [-0.2, 0) is 9.59 Å². The van der Waals surface area contributed by atoms with Gasteiger partial charge in [-0.25, -0.2) is 0 Å². The minimum Gasteiger partial charge on any atom is -0.399 e. The van der Waals surface area contributed by atoms with Gasteiger partial charge in [0.05, 0.1) is 0 Å². The minimum absolute atomic E-state index is 0.0809. The molecule has 2 rings (SSSR count). The first-order valence-corrected chi connectivity index (χ1v) is 7.36. The van der Waals surface area contributed by atoms with Crippen molar-refractivity contribution in [1.29, 1.82) is 0 Å². The van der Waals surface area contributed by atoms with E-state index in [1.807, 2.05) is 29.2 Å². The number of nitrogens with two attached hydrogens (primary N) is 1. The standard InChI is InChI=1S/C16H23N3O2/c1-12(14-3-5-15(17)6-4-14)11-16(21)19-9-7-18(8-10-19)13(2)20/h3-6,12H,7-11,17H2,1-2H3. The SMILES string of the molecule is CC(=O)N1CCN(C(=O)CC(C)c2ccc(N)cc2)CC1. The van der Waals surface area contributed by atoms with Gasteiger partial charge in [0.2, 0.25) is 11.8 Å². The second-order valence-electron chi connectivity index (χ2n) is 5.66. The van der Waals surface area contributed by atoms with Crippen LogP contribution in [0.15, 0.2) is 24.3 Å². The highest BCUT2D eigenvalue weighted by molar-refractivity contribution is 5.78. The van der Waals surface area contributed by atoms with E-state index in [9.17, 15) is 9.59 Å². The molecule has 0 aliphatic carbocycles. The van der Waals surface area contributed by atoms with Crippen LogP contribution in [0.4, 0.5) is 5.69 Å². The predicted octanol–water partition coefficient (Wildman–Crippen LogP) is 1.45. The van der Waals surface area contributed by atoms with E-state index in [1.165, 1.54) is 0 Å². The molecular formula is C16H23N3O2. The highest BCUT2D eigenvalue weighted by atomic mass is 16.2. The Morgan fingerprint density at radius 1 is 1.10 bits per heavy atom. The first-order chi connectivity index (χ1) is 9.97. The van der Waals surface area contributed by atoms with Crippen LogP contribution in [0.3, 0.4) is 0 Å². The molecule has 0 spiro atoms. The molecule has 2 amide bonds. The van der Waals surface area contributed by atoms with Crippen molar-refractivity contribution in [2.75, 3.05) is 31.9 Å². The summed E-state index contributed by atoms with van der Waals surface area (Å²) in [5, 5.41) is 0. The lowest BCUT2D eigenvalue weighted by molar-refractivity contribution is -0.138. The van der Waals surface area contributed by atoms with Crippen molar-refractivity contribution in [2.45, 2.75) is 26.2 Å². The molecule has 5 nitrogen and oxygen atoms in total. The van der Waals surface area contributed by atoms with E-state index in [0.29, 0.717) is 32.6 Å². The van der Waals surface area contributed by atoms with Crippen molar-refractivity contribution in [3.8, 4) is 0 Å². The molecule has 1 atom stereocenters. The molecule has 0 saturated carbocycles. The Morgan fingerprint density at radius 3 is 2.14 bits per heavy atom. The van der Waals surface area contributed by atoms with E-state index >= 15 is 0 Å². The molecule has 0 aromatic heterocycles. The fraction of sp³-hybridized carbons (Fsp3) is 0.500. The van der Waals surface area contributed by atoms with Crippen LogP contribution in [-0.4, -0.2) is 47.8 Å². The van der Waals surface area contributed by atoms with Gasteiger partial charge in [0.15, 0.2) is 0 Å². The van der Waals surface area contributed by atoms with Crippen LogP contribution in [0.25, 0.3) is 0 Å². The number of amides is 2. The van der Waals surface area contributed by atoms with Crippen molar-refractivity contribution in [1.82, 2.24) is 9.80 Å². The number of nitrogen functional groups attached to an aromatic ring is 1. The quantitative estimate of drug-likeness (QED) is 0.857. The van der Waals surface area contributed by atoms with Crippen molar-refractivity contribution in [2.24, 2.45) is 0 Å². The van der Waals surface area contributed by atoms with Crippen molar-refractivity contribution in [3.05, 3.63) is 29.8 Å². The maximum Gasteiger partial charge on any atom is 0.223 e. The number of piperazine rings is 1. The second-order valence-corrected chi connectivity index (χ2v) is 5.66. The molecule has 1 unspecified atom stereocenters. The van der Waals surface area contributed by atoms with E-state index in [-0.39, 0.29) is 17.7 Å². The maximum absolute atomic E-state index is 12.3. The number of carbonyl (C=O) groups excluding carboxylic acids is 2. The molecule has 1 fully saturated rings. The molecule has 1 aromatic rings. The molecule has 1 aliphatic heterocycles. The van der Waals surface area contributed by atoms with Gasteiger partial charge in [0.1, 0.15) is 0 Å². The molecule has 1 aliphatic rings. The van der Waals surface area contributed by atoms with Gasteiger partial charge in [0.25, 0.3) is 0 Å². The predicted molar refractivity (Wildman–Crippen MR) is 82.7 cm³/mol. The Kier molecular flexibility index (Phi) is 4.83. The molecule has 21 heavy (non-hydrogen) atoms. The van der Waals surface area contributed by atoms with Crippen molar-refractivity contribution >= 4 is 17.5 Å². The van der Waals surface area contributed by atoms with Crippen LogP contribution in [0, 0.1) is 0 Å². The Hall–Kier alpha value is -2.04. The average molecular weight is 289 g/mol. The zero-order valence-electron chi connectivity index (χ0n) is 12.7. The number of nitrogens with zero attached hydrogens (tertiary/aromatic N) is 2. The average Bonchev–Trinajstić information content (AvgIpc) is 2.47. The van der Waals surface area contributed by atoms with Gasteiger partial charge < -0.3 is 15.5 Å². The minimum atomic E-state index is 0.0809. The second kappa shape index (κ2) is 6.61. The lowest BCUT2D eigenvalue weighted by atomic mass is 9.97. The van der Waals surface area contributed by atoms with Crippen LogP contribution < -0.4 is 5.73 Å². The third-order valence-corrected chi connectivity index (χ3v) is 4.06. The van der Waals surface area contributed by atoms with Crippen molar-refractivity contribution < 1.29 is 9.59 Å². The Bertz CT molecular complexity index is 505. The number of rotatable bonds is 3. The number of carbonyl (C=O) groups is 2. The van der Waals surface area contributed by atoms with Crippen LogP contribution in [0.5, 0.6) is 0 Å². The molecule has 114 valence electrons. The first kappa shape index (κ1) is 15.4. The molecular weight excluding hydrogens is 266 g/mol. The van der Waals surface area contributed by atoms with Gasteiger partial charge in [-0.1, -0.05) is 19.1 Å². The van der Waals surface area contributed by atoms with Crippen LogP contribution >= 0.6 is 0 Å². The highest BCUT2D eigenvalue weighted by Gasteiger charge is 2.23. The summed E-state index contributed by atoms with van der Waals surface area (Å²) >= 11 is 0. The first-order valence-electron chi connectivity index (χ1n) is 7.36. The van der Waals surface area contributed by atoms with Gasteiger partial charge >= 0.3 is 0 Å². The van der Waals surface area contributed by atoms with Crippen molar-refractivity contribution in [3.63, 3.8) is 0 Å². The Balaban J connectivity index is 1.87. The smallest absolute Gasteiger partial charge is 0.223 e. The topological polar surface area (TPSA) is 66.6 Å². The summed E-state index contributed by atoms with van der Waals surface area (Å²) in [6, 6.07) is 7.67. The third kappa shape index (κ3) is 3.97. The fourth-order valence-electron chi connectivity index (χ4n) is 2.60. The lowest BCUT2D eigenvalue weighted by Gasteiger charge is -2.34. The summed E-state index contributed by atoms with van der Waals surface area (Å²) in [7, 11) is 0. The van der Waals surface area contributed by atoms with Crippen LogP contribution in [0.1, 0.15) is 31.7 Å². The van der Waals surface area contributed by atoms with Gasteiger partial charge in [-0.3, -0.25) is 9.59 Å². The molecule has 0 radical (unpaired) electrons. The molecule has 2 N–H and O–H groups in total. The highest BCUT2D eigenvalue weighted by Crippen LogP contribution is 2.21. The summed E-state index contributed by atoms with van der Waals surface area (Å²) in [6.07, 6.45) is 0.490. The number of hydrogen-bond donors (Lipinski definition) is 1. The number of anilines is 1. The normalized spacial score (nSPS) is 16.7. The summed E-state index contributed by atoms with van der Waals surface area (Å²) in [5.74, 6) is 0.406. The zero-order valence-corrected chi connectivity index (χ0v) is 12.7. The molecule has 5 heteroatoms. The summed E-state index contributed by atoms with van der Waals surface area (Å²) in [6.45, 7) is 6.16. The molecule has 0 bridgehead atoms. The number of hydrogen-bond acceptors (Lipinski definition) is 3. The molecule has 1 heterocycles.